The highest BCUT2D eigenvalue weighted by Gasteiger charge is 2.64. The Morgan fingerprint density at radius 1 is 1.06 bits per heavy atom. The fourth-order valence-corrected chi connectivity index (χ4v) is 8.99. The molecule has 0 aromatic rings. The first-order chi connectivity index (χ1) is 14.6. The molecule has 1 aliphatic heterocycles. The van der Waals surface area contributed by atoms with Crippen molar-refractivity contribution in [3.63, 3.8) is 0 Å². The number of carbonyl (C=O) groups is 2. The molecule has 4 aliphatic rings. The van der Waals surface area contributed by atoms with E-state index in [0.29, 0.717) is 24.7 Å². The van der Waals surface area contributed by atoms with Gasteiger partial charge in [0.1, 0.15) is 0 Å². The lowest BCUT2D eigenvalue weighted by Crippen LogP contribution is -2.64. The average Bonchev–Trinajstić information content (AvgIpc) is 3.05. The molecular weight excluding hydrogens is 386 g/mol. The first-order valence-corrected chi connectivity index (χ1v) is 13.1. The van der Waals surface area contributed by atoms with Crippen LogP contribution in [-0.2, 0) is 9.59 Å². The van der Waals surface area contributed by atoms with Gasteiger partial charge in [-0.05, 0) is 84.9 Å². The summed E-state index contributed by atoms with van der Waals surface area (Å²) in [5, 5.41) is 13.5. The standard InChI is InChI=1S/C27H45NO3/c1-16(2)7-6-8-17(3)19-9-10-20-24-18(25(30)31)15-22-27(5,14-12-23(29)28-22)21(24)11-13-26(19,20)4/h16-22,24H,6-15H2,1-5H3,(H,28,29)(H,30,31)/t17-,18+,19-,20+,21+,22-,24+,26-,27-/m1/s1. The number of piperidine rings is 1. The topological polar surface area (TPSA) is 66.4 Å². The van der Waals surface area contributed by atoms with E-state index in [1.165, 1.54) is 38.5 Å². The molecule has 0 aromatic heterocycles. The highest BCUT2D eigenvalue weighted by atomic mass is 16.4. The second-order valence-electron chi connectivity index (χ2n) is 12.6. The van der Waals surface area contributed by atoms with Crippen molar-refractivity contribution in [2.75, 3.05) is 0 Å². The Morgan fingerprint density at radius 2 is 1.77 bits per heavy atom. The van der Waals surface area contributed by atoms with Gasteiger partial charge in [0, 0.05) is 12.5 Å². The van der Waals surface area contributed by atoms with Gasteiger partial charge >= 0.3 is 5.97 Å². The fraction of sp³-hybridized carbons (Fsp3) is 0.926. The van der Waals surface area contributed by atoms with Crippen LogP contribution >= 0.6 is 0 Å². The molecule has 4 fully saturated rings. The molecule has 0 spiro atoms. The minimum atomic E-state index is -0.630. The van der Waals surface area contributed by atoms with E-state index in [4.69, 9.17) is 0 Å². The number of carboxylic acids is 1. The molecule has 1 heterocycles. The van der Waals surface area contributed by atoms with E-state index in [-0.39, 0.29) is 34.6 Å². The van der Waals surface area contributed by atoms with E-state index in [2.05, 4.69) is 39.9 Å². The Hall–Kier alpha value is -1.06. The number of hydrogen-bond acceptors (Lipinski definition) is 2. The minimum Gasteiger partial charge on any atom is -0.481 e. The number of aliphatic carboxylic acids is 1. The summed E-state index contributed by atoms with van der Waals surface area (Å²) in [6.07, 6.45) is 11.0. The van der Waals surface area contributed by atoms with Crippen molar-refractivity contribution in [2.45, 2.75) is 105 Å². The quantitative estimate of drug-likeness (QED) is 0.550. The Bertz CT molecular complexity index is 705. The van der Waals surface area contributed by atoms with Crippen LogP contribution in [0, 0.1) is 52.3 Å². The van der Waals surface area contributed by atoms with Crippen molar-refractivity contribution in [1.82, 2.24) is 5.32 Å². The molecule has 31 heavy (non-hydrogen) atoms. The summed E-state index contributed by atoms with van der Waals surface area (Å²) in [5.74, 6) is 2.66. The molecule has 176 valence electrons. The summed E-state index contributed by atoms with van der Waals surface area (Å²) in [4.78, 5) is 24.6. The fourth-order valence-electron chi connectivity index (χ4n) is 8.99. The first kappa shape index (κ1) is 23.1. The van der Waals surface area contributed by atoms with Crippen LogP contribution < -0.4 is 5.32 Å². The molecule has 0 aromatic carbocycles. The maximum Gasteiger partial charge on any atom is 0.306 e. The van der Waals surface area contributed by atoms with E-state index in [1.54, 1.807) is 0 Å². The van der Waals surface area contributed by atoms with E-state index < -0.39 is 5.97 Å². The molecule has 0 radical (unpaired) electrons. The average molecular weight is 432 g/mol. The number of fused-ring (bicyclic) bond motifs is 5. The minimum absolute atomic E-state index is 0.0348. The maximum atomic E-state index is 12.5. The van der Waals surface area contributed by atoms with Crippen molar-refractivity contribution in [3.8, 4) is 0 Å². The summed E-state index contributed by atoms with van der Waals surface area (Å²) in [6.45, 7) is 12.0. The van der Waals surface area contributed by atoms with Gasteiger partial charge in [0.25, 0.3) is 0 Å². The van der Waals surface area contributed by atoms with E-state index in [0.717, 1.165) is 30.6 Å². The third kappa shape index (κ3) is 3.84. The van der Waals surface area contributed by atoms with E-state index in [1.807, 2.05) is 0 Å². The van der Waals surface area contributed by atoms with Gasteiger partial charge in [0.2, 0.25) is 5.91 Å². The van der Waals surface area contributed by atoms with Gasteiger partial charge in [-0.15, -0.1) is 0 Å². The van der Waals surface area contributed by atoms with Gasteiger partial charge < -0.3 is 10.4 Å². The lowest BCUT2D eigenvalue weighted by molar-refractivity contribution is -0.168. The van der Waals surface area contributed by atoms with Crippen LogP contribution in [0.5, 0.6) is 0 Å². The second-order valence-corrected chi connectivity index (χ2v) is 12.6. The molecule has 4 heteroatoms. The molecule has 0 bridgehead atoms. The van der Waals surface area contributed by atoms with Crippen molar-refractivity contribution < 1.29 is 14.7 Å². The maximum absolute atomic E-state index is 12.5. The molecular formula is C27H45NO3. The molecule has 0 unspecified atom stereocenters. The number of carbonyl (C=O) groups excluding carboxylic acids is 1. The number of hydrogen-bond donors (Lipinski definition) is 2. The number of rotatable bonds is 6. The van der Waals surface area contributed by atoms with Crippen molar-refractivity contribution in [2.24, 2.45) is 52.3 Å². The van der Waals surface area contributed by atoms with Gasteiger partial charge in [0.05, 0.1) is 5.92 Å². The predicted molar refractivity (Wildman–Crippen MR) is 123 cm³/mol. The lowest BCUT2D eigenvalue weighted by atomic mass is 9.44. The number of carboxylic acid groups (broad SMARTS) is 1. The van der Waals surface area contributed by atoms with Crippen LogP contribution in [0.4, 0.5) is 0 Å². The van der Waals surface area contributed by atoms with Crippen LogP contribution in [0.2, 0.25) is 0 Å². The molecule has 9 atom stereocenters. The highest BCUT2D eigenvalue weighted by Crippen LogP contribution is 2.67. The molecule has 1 amide bonds. The zero-order valence-electron chi connectivity index (χ0n) is 20.5. The van der Waals surface area contributed by atoms with Gasteiger partial charge in [-0.25, -0.2) is 0 Å². The summed E-state index contributed by atoms with van der Waals surface area (Å²) in [7, 11) is 0. The van der Waals surface area contributed by atoms with Crippen molar-refractivity contribution in [3.05, 3.63) is 0 Å². The molecule has 4 nitrogen and oxygen atoms in total. The van der Waals surface area contributed by atoms with E-state index >= 15 is 0 Å². The largest absolute Gasteiger partial charge is 0.481 e. The highest BCUT2D eigenvalue weighted by molar-refractivity contribution is 5.78. The van der Waals surface area contributed by atoms with Gasteiger partial charge in [-0.2, -0.15) is 0 Å². The third-order valence-corrected chi connectivity index (χ3v) is 10.7. The number of nitrogens with one attached hydrogen (secondary N) is 1. The summed E-state index contributed by atoms with van der Waals surface area (Å²) in [6, 6.07) is 0.0348. The van der Waals surface area contributed by atoms with Crippen LogP contribution in [0.3, 0.4) is 0 Å². The normalized spacial score (nSPS) is 45.4. The van der Waals surface area contributed by atoms with Crippen LogP contribution in [0.15, 0.2) is 0 Å². The Kier molecular flexibility index (Phi) is 6.24. The van der Waals surface area contributed by atoms with Gasteiger partial charge in [-0.1, -0.05) is 53.9 Å². The summed E-state index contributed by atoms with van der Waals surface area (Å²) >= 11 is 0. The zero-order valence-corrected chi connectivity index (χ0v) is 20.5. The monoisotopic (exact) mass is 431 g/mol. The summed E-state index contributed by atoms with van der Waals surface area (Å²) < 4.78 is 0. The molecule has 3 aliphatic carbocycles. The third-order valence-electron chi connectivity index (χ3n) is 10.7. The van der Waals surface area contributed by atoms with Gasteiger partial charge in [-0.3, -0.25) is 9.59 Å². The Morgan fingerprint density at radius 3 is 2.45 bits per heavy atom. The number of amides is 1. The molecule has 1 saturated heterocycles. The van der Waals surface area contributed by atoms with Crippen LogP contribution in [0.25, 0.3) is 0 Å². The Balaban J connectivity index is 1.58. The Labute approximate surface area is 189 Å². The molecule has 4 rings (SSSR count). The van der Waals surface area contributed by atoms with Gasteiger partial charge in [0.15, 0.2) is 0 Å². The van der Waals surface area contributed by atoms with Crippen molar-refractivity contribution in [1.29, 1.82) is 0 Å². The second kappa shape index (κ2) is 8.37. The first-order valence-electron chi connectivity index (χ1n) is 13.1. The molecule has 3 saturated carbocycles. The van der Waals surface area contributed by atoms with Crippen LogP contribution in [0.1, 0.15) is 98.8 Å². The van der Waals surface area contributed by atoms with Crippen LogP contribution in [-0.4, -0.2) is 23.0 Å². The van der Waals surface area contributed by atoms with E-state index in [9.17, 15) is 14.7 Å². The summed E-state index contributed by atoms with van der Waals surface area (Å²) in [5.41, 5.74) is 0.347. The predicted octanol–water partition coefficient (Wildman–Crippen LogP) is 5.90. The zero-order chi connectivity index (χ0) is 22.6. The molecule has 2 N–H and O–H groups in total. The smallest absolute Gasteiger partial charge is 0.306 e. The SMILES string of the molecule is CC(C)CCC[C@@H](C)[C@H]1CC[C@H]2[C@@H]3[C@@H](C(=O)O)C[C@H]4NC(=O)CC[C@]4(C)[C@H]3CC[C@]12C. The lowest BCUT2D eigenvalue weighted by Gasteiger charge is -2.62. The van der Waals surface area contributed by atoms with Crippen molar-refractivity contribution >= 4 is 11.9 Å².